The highest BCUT2D eigenvalue weighted by molar-refractivity contribution is 9.10. The van der Waals surface area contributed by atoms with Crippen LogP contribution >= 0.6 is 15.9 Å². The van der Waals surface area contributed by atoms with E-state index in [1.54, 1.807) is 0 Å². The van der Waals surface area contributed by atoms with E-state index in [1.807, 2.05) is 0 Å². The Morgan fingerprint density at radius 1 is 1.50 bits per heavy atom. The molecule has 7 heteroatoms. The third-order valence-electron chi connectivity index (χ3n) is 1.78. The molecule has 0 spiro atoms. The number of carboxylic acids is 1. The quantitative estimate of drug-likeness (QED) is 0.917. The van der Waals surface area contributed by atoms with Gasteiger partial charge in [0.2, 0.25) is 0 Å². The molecule has 16 heavy (non-hydrogen) atoms. The summed E-state index contributed by atoms with van der Waals surface area (Å²) in [5.74, 6) is -2.12. The van der Waals surface area contributed by atoms with Gasteiger partial charge < -0.3 is 9.63 Å². The Morgan fingerprint density at radius 2 is 2.25 bits per heavy atom. The molecule has 82 valence electrons. The normalized spacial score (nSPS) is 10.4. The van der Waals surface area contributed by atoms with Gasteiger partial charge in [-0.1, -0.05) is 0 Å². The molecule has 0 aliphatic heterocycles. The van der Waals surface area contributed by atoms with Gasteiger partial charge in [-0.05, 0) is 39.3 Å². The van der Waals surface area contributed by atoms with Crippen LogP contribution in [0.3, 0.4) is 0 Å². The molecule has 0 aliphatic rings. The molecule has 0 unspecified atom stereocenters. The topological polar surface area (TPSA) is 76.2 Å². The first kappa shape index (κ1) is 10.7. The third-order valence-corrected chi connectivity index (χ3v) is 2.39. The summed E-state index contributed by atoms with van der Waals surface area (Å²) in [4.78, 5) is 14.1. The fraction of sp³-hybridized carbons (Fsp3) is 0. The Kier molecular flexibility index (Phi) is 2.69. The lowest BCUT2D eigenvalue weighted by Crippen LogP contribution is -1.98. The van der Waals surface area contributed by atoms with Gasteiger partial charge in [-0.2, -0.15) is 4.98 Å². The lowest BCUT2D eigenvalue weighted by molar-refractivity contribution is 0.0680. The molecule has 1 N–H and O–H groups in total. The fourth-order valence-corrected chi connectivity index (χ4v) is 1.44. The second kappa shape index (κ2) is 4.01. The van der Waals surface area contributed by atoms with E-state index in [0.29, 0.717) is 5.56 Å². The molecule has 0 aliphatic carbocycles. The molecular formula is C9H4BrFN2O3. The van der Waals surface area contributed by atoms with Crippen molar-refractivity contribution in [2.24, 2.45) is 0 Å². The highest BCUT2D eigenvalue weighted by Gasteiger charge is 2.14. The van der Waals surface area contributed by atoms with Gasteiger partial charge in [0.05, 0.1) is 4.47 Å². The average molecular weight is 287 g/mol. The van der Waals surface area contributed by atoms with Crippen molar-refractivity contribution in [1.29, 1.82) is 0 Å². The van der Waals surface area contributed by atoms with Gasteiger partial charge in [0.25, 0.3) is 11.7 Å². The zero-order valence-electron chi connectivity index (χ0n) is 7.65. The van der Waals surface area contributed by atoms with Gasteiger partial charge in [0.15, 0.2) is 0 Å². The number of carboxylic acid groups (broad SMARTS) is 1. The number of nitrogens with zero attached hydrogens (tertiary/aromatic N) is 2. The fourth-order valence-electron chi connectivity index (χ4n) is 1.06. The maximum atomic E-state index is 12.9. The predicted octanol–water partition coefficient (Wildman–Crippen LogP) is 2.34. The summed E-state index contributed by atoms with van der Waals surface area (Å²) in [5.41, 5.74) is 0.438. The van der Waals surface area contributed by atoms with E-state index in [9.17, 15) is 9.18 Å². The lowest BCUT2D eigenvalue weighted by Gasteiger charge is -1.96. The van der Waals surface area contributed by atoms with Crippen molar-refractivity contribution in [2.75, 3.05) is 0 Å². The van der Waals surface area contributed by atoms with Crippen LogP contribution in [-0.2, 0) is 0 Å². The number of halogens is 2. The summed E-state index contributed by atoms with van der Waals surface area (Å²) in [5, 5.41) is 11.8. The van der Waals surface area contributed by atoms with Crippen LogP contribution in [0.2, 0.25) is 0 Å². The van der Waals surface area contributed by atoms with Crippen molar-refractivity contribution in [3.05, 3.63) is 34.3 Å². The van der Waals surface area contributed by atoms with Crippen LogP contribution in [0.25, 0.3) is 11.5 Å². The average Bonchev–Trinajstić information content (AvgIpc) is 2.71. The number of hydrogen-bond donors (Lipinski definition) is 1. The Bertz CT molecular complexity index is 555. The standard InChI is InChI=1S/C9H4BrFN2O3/c10-5-3-4(1-2-6(5)11)8-12-7(9(14)15)13-16-8/h1-3H,(H,14,15). The van der Waals surface area contributed by atoms with Crippen molar-refractivity contribution in [3.63, 3.8) is 0 Å². The maximum Gasteiger partial charge on any atom is 0.377 e. The number of carbonyl (C=O) groups is 1. The number of benzene rings is 1. The SMILES string of the molecule is O=C(O)c1noc(-c2ccc(F)c(Br)c2)n1. The van der Waals surface area contributed by atoms with E-state index in [2.05, 4.69) is 26.1 Å². The van der Waals surface area contributed by atoms with Crippen molar-refractivity contribution < 1.29 is 18.8 Å². The minimum Gasteiger partial charge on any atom is -0.475 e. The van der Waals surface area contributed by atoms with E-state index in [1.165, 1.54) is 18.2 Å². The number of aromatic nitrogens is 2. The molecule has 0 atom stereocenters. The Morgan fingerprint density at radius 3 is 2.81 bits per heavy atom. The molecule has 2 rings (SSSR count). The number of hydrogen-bond acceptors (Lipinski definition) is 4. The summed E-state index contributed by atoms with van der Waals surface area (Å²) in [6.07, 6.45) is 0. The number of aromatic carboxylic acids is 1. The van der Waals surface area contributed by atoms with Gasteiger partial charge in [-0.15, -0.1) is 0 Å². The molecule has 1 aromatic carbocycles. The van der Waals surface area contributed by atoms with Crippen LogP contribution < -0.4 is 0 Å². The molecule has 5 nitrogen and oxygen atoms in total. The van der Waals surface area contributed by atoms with Crippen molar-refractivity contribution in [2.45, 2.75) is 0 Å². The summed E-state index contributed by atoms with van der Waals surface area (Å²) in [7, 11) is 0. The van der Waals surface area contributed by atoms with Crippen LogP contribution in [0.15, 0.2) is 27.2 Å². The summed E-state index contributed by atoms with van der Waals surface area (Å²) in [6, 6.07) is 4.05. The molecule has 0 saturated carbocycles. The van der Waals surface area contributed by atoms with E-state index in [-0.39, 0.29) is 10.4 Å². The van der Waals surface area contributed by atoms with E-state index >= 15 is 0 Å². The van der Waals surface area contributed by atoms with Crippen molar-refractivity contribution in [1.82, 2.24) is 10.1 Å². The summed E-state index contributed by atoms with van der Waals surface area (Å²) in [6.45, 7) is 0. The van der Waals surface area contributed by atoms with Crippen LogP contribution in [-0.4, -0.2) is 21.2 Å². The molecule has 0 radical (unpaired) electrons. The van der Waals surface area contributed by atoms with Crippen LogP contribution in [0.4, 0.5) is 4.39 Å². The van der Waals surface area contributed by atoms with Crippen LogP contribution in [0.5, 0.6) is 0 Å². The first-order valence-electron chi connectivity index (χ1n) is 4.10. The van der Waals surface area contributed by atoms with Gasteiger partial charge >= 0.3 is 5.97 Å². The lowest BCUT2D eigenvalue weighted by atomic mass is 10.2. The highest BCUT2D eigenvalue weighted by atomic mass is 79.9. The van der Waals surface area contributed by atoms with Gasteiger partial charge in [-0.25, -0.2) is 9.18 Å². The maximum absolute atomic E-state index is 12.9. The minimum atomic E-state index is -1.28. The Labute approximate surface area is 97.0 Å². The van der Waals surface area contributed by atoms with Crippen molar-refractivity contribution >= 4 is 21.9 Å². The molecule has 0 fully saturated rings. The van der Waals surface area contributed by atoms with Crippen LogP contribution in [0, 0.1) is 5.82 Å². The molecule has 2 aromatic rings. The largest absolute Gasteiger partial charge is 0.475 e. The monoisotopic (exact) mass is 286 g/mol. The molecule has 1 heterocycles. The van der Waals surface area contributed by atoms with Gasteiger partial charge in [0, 0.05) is 5.56 Å². The zero-order chi connectivity index (χ0) is 11.7. The Hall–Kier alpha value is -1.76. The summed E-state index contributed by atoms with van der Waals surface area (Å²) < 4.78 is 17.9. The van der Waals surface area contributed by atoms with E-state index in [0.717, 1.165) is 0 Å². The molecule has 1 aromatic heterocycles. The second-order valence-electron chi connectivity index (χ2n) is 2.86. The first-order valence-corrected chi connectivity index (χ1v) is 4.89. The minimum absolute atomic E-state index is 0.0260. The third kappa shape index (κ3) is 1.94. The molecule has 0 saturated heterocycles. The van der Waals surface area contributed by atoms with E-state index < -0.39 is 17.6 Å². The molecular weight excluding hydrogens is 283 g/mol. The smallest absolute Gasteiger partial charge is 0.377 e. The Balaban J connectivity index is 2.42. The summed E-state index contributed by atoms with van der Waals surface area (Å²) >= 11 is 3.00. The van der Waals surface area contributed by atoms with Gasteiger partial charge in [0.1, 0.15) is 5.82 Å². The van der Waals surface area contributed by atoms with E-state index in [4.69, 9.17) is 9.63 Å². The first-order chi connectivity index (χ1) is 7.58. The number of rotatable bonds is 2. The predicted molar refractivity (Wildman–Crippen MR) is 54.4 cm³/mol. The second-order valence-corrected chi connectivity index (χ2v) is 3.71. The zero-order valence-corrected chi connectivity index (χ0v) is 9.23. The van der Waals surface area contributed by atoms with Gasteiger partial charge in [-0.3, -0.25) is 0 Å². The highest BCUT2D eigenvalue weighted by Crippen LogP contribution is 2.23. The van der Waals surface area contributed by atoms with Crippen molar-refractivity contribution in [3.8, 4) is 11.5 Å². The van der Waals surface area contributed by atoms with Crippen LogP contribution in [0.1, 0.15) is 10.6 Å². The molecule has 0 amide bonds. The molecule has 0 bridgehead atoms.